The van der Waals surface area contributed by atoms with Crippen LogP contribution in [0.2, 0.25) is 0 Å². The predicted molar refractivity (Wildman–Crippen MR) is 77.4 cm³/mol. The molecule has 0 unspecified atom stereocenters. The van der Waals surface area contributed by atoms with E-state index in [2.05, 4.69) is 0 Å². The van der Waals surface area contributed by atoms with Gasteiger partial charge in [0.2, 0.25) is 0 Å². The van der Waals surface area contributed by atoms with Gasteiger partial charge in [-0.15, -0.1) is 0 Å². The molecule has 0 aromatic heterocycles. The zero-order chi connectivity index (χ0) is 18.0. The van der Waals surface area contributed by atoms with E-state index in [0.717, 1.165) is 6.07 Å². The number of benzene rings is 1. The summed E-state index contributed by atoms with van der Waals surface area (Å²) in [6.07, 6.45) is -5.03. The fourth-order valence-corrected chi connectivity index (χ4v) is 2.03. The van der Waals surface area contributed by atoms with Gasteiger partial charge in [-0.2, -0.15) is 13.2 Å². The number of nitrogen functional groups attached to an aromatic ring is 1. The van der Waals surface area contributed by atoms with Crippen LogP contribution >= 0.6 is 0 Å². The SMILES string of the molecule is CC[C@@](C)(CC(=O)c1cc(C(F)(F)F)c(N)cc1OC)C(=O)O. The van der Waals surface area contributed by atoms with Crippen molar-refractivity contribution in [3.8, 4) is 5.75 Å². The Morgan fingerprint density at radius 2 is 1.87 bits per heavy atom. The van der Waals surface area contributed by atoms with E-state index in [-0.39, 0.29) is 17.7 Å². The van der Waals surface area contributed by atoms with Gasteiger partial charge < -0.3 is 15.6 Å². The maximum atomic E-state index is 12.9. The number of carboxylic acid groups (broad SMARTS) is 1. The van der Waals surface area contributed by atoms with Gasteiger partial charge in [-0.3, -0.25) is 9.59 Å². The Bertz CT molecular complexity index is 628. The summed E-state index contributed by atoms with van der Waals surface area (Å²) in [6, 6.07) is 1.52. The molecular formula is C15H18F3NO4. The van der Waals surface area contributed by atoms with Gasteiger partial charge in [0.15, 0.2) is 5.78 Å². The van der Waals surface area contributed by atoms with Crippen molar-refractivity contribution < 1.29 is 32.6 Å². The number of rotatable bonds is 6. The molecule has 1 aromatic carbocycles. The molecule has 23 heavy (non-hydrogen) atoms. The summed E-state index contributed by atoms with van der Waals surface area (Å²) in [7, 11) is 1.19. The summed E-state index contributed by atoms with van der Waals surface area (Å²) in [4.78, 5) is 23.6. The second kappa shape index (κ2) is 6.47. The molecule has 0 amide bonds. The van der Waals surface area contributed by atoms with E-state index < -0.39 is 41.0 Å². The molecule has 0 aliphatic rings. The molecule has 1 aromatic rings. The standard InChI is InChI=1S/C15H18F3NO4/c1-4-14(2,13(21)22)7-11(20)8-5-9(15(16,17)18)10(19)6-12(8)23-3/h5-6H,4,7,19H2,1-3H3,(H,21,22)/t14-/m0/s1. The van der Waals surface area contributed by atoms with Gasteiger partial charge in [0.05, 0.1) is 23.7 Å². The molecule has 0 fully saturated rings. The first-order valence-corrected chi connectivity index (χ1v) is 6.77. The minimum atomic E-state index is -4.73. The van der Waals surface area contributed by atoms with Crippen molar-refractivity contribution >= 4 is 17.4 Å². The fourth-order valence-electron chi connectivity index (χ4n) is 2.03. The summed E-state index contributed by atoms with van der Waals surface area (Å²) in [6.45, 7) is 2.95. The zero-order valence-electron chi connectivity index (χ0n) is 13.0. The third kappa shape index (κ3) is 3.94. The lowest BCUT2D eigenvalue weighted by atomic mass is 9.81. The monoisotopic (exact) mass is 333 g/mol. The molecule has 0 heterocycles. The predicted octanol–water partition coefficient (Wildman–Crippen LogP) is 3.37. The van der Waals surface area contributed by atoms with Crippen molar-refractivity contribution in [1.29, 1.82) is 0 Å². The quantitative estimate of drug-likeness (QED) is 0.615. The lowest BCUT2D eigenvalue weighted by molar-refractivity contribution is -0.148. The molecule has 0 radical (unpaired) electrons. The highest BCUT2D eigenvalue weighted by Gasteiger charge is 2.37. The minimum absolute atomic E-state index is 0.121. The van der Waals surface area contributed by atoms with Crippen molar-refractivity contribution in [2.75, 3.05) is 12.8 Å². The van der Waals surface area contributed by atoms with Crippen LogP contribution in [0.4, 0.5) is 18.9 Å². The highest BCUT2D eigenvalue weighted by Crippen LogP contribution is 2.38. The molecule has 0 aliphatic heterocycles. The average Bonchev–Trinajstić information content (AvgIpc) is 2.44. The Hall–Kier alpha value is -2.25. The van der Waals surface area contributed by atoms with Gasteiger partial charge in [-0.1, -0.05) is 6.92 Å². The first-order valence-electron chi connectivity index (χ1n) is 6.77. The minimum Gasteiger partial charge on any atom is -0.496 e. The number of ether oxygens (including phenoxy) is 1. The summed E-state index contributed by atoms with van der Waals surface area (Å²) in [5.41, 5.74) is 1.91. The second-order valence-corrected chi connectivity index (χ2v) is 5.46. The maximum Gasteiger partial charge on any atom is 0.418 e. The Morgan fingerprint density at radius 3 is 2.26 bits per heavy atom. The Balaban J connectivity index is 3.35. The van der Waals surface area contributed by atoms with E-state index in [1.807, 2.05) is 0 Å². The highest BCUT2D eigenvalue weighted by molar-refractivity contribution is 6.01. The normalized spacial score (nSPS) is 14.2. The van der Waals surface area contributed by atoms with E-state index in [4.69, 9.17) is 10.5 Å². The number of carbonyl (C=O) groups is 2. The Kier molecular flexibility index (Phi) is 5.29. The first-order chi connectivity index (χ1) is 10.5. The van der Waals surface area contributed by atoms with E-state index in [1.54, 1.807) is 6.92 Å². The van der Waals surface area contributed by atoms with Crippen LogP contribution in [0.5, 0.6) is 5.75 Å². The zero-order valence-corrected chi connectivity index (χ0v) is 13.0. The number of hydrogen-bond donors (Lipinski definition) is 2. The summed E-state index contributed by atoms with van der Waals surface area (Å²) < 4.78 is 43.7. The van der Waals surface area contributed by atoms with Gasteiger partial charge in [0.1, 0.15) is 5.75 Å². The maximum absolute atomic E-state index is 12.9. The van der Waals surface area contributed by atoms with Crippen molar-refractivity contribution in [3.05, 3.63) is 23.3 Å². The Labute approximate surface area is 131 Å². The van der Waals surface area contributed by atoms with Crippen LogP contribution in [0.25, 0.3) is 0 Å². The molecule has 128 valence electrons. The molecule has 3 N–H and O–H groups in total. The first kappa shape index (κ1) is 18.8. The smallest absolute Gasteiger partial charge is 0.418 e. The number of ketones is 1. The topological polar surface area (TPSA) is 89.6 Å². The van der Waals surface area contributed by atoms with Crippen LogP contribution < -0.4 is 10.5 Å². The molecule has 8 heteroatoms. The number of anilines is 1. The molecular weight excluding hydrogens is 315 g/mol. The number of nitrogens with two attached hydrogens (primary N) is 1. The third-order valence-corrected chi connectivity index (χ3v) is 3.82. The van der Waals surface area contributed by atoms with E-state index in [0.29, 0.717) is 6.07 Å². The third-order valence-electron chi connectivity index (χ3n) is 3.82. The van der Waals surface area contributed by atoms with Crippen LogP contribution in [0.1, 0.15) is 42.6 Å². The van der Waals surface area contributed by atoms with Gasteiger partial charge in [0.25, 0.3) is 0 Å². The summed E-state index contributed by atoms with van der Waals surface area (Å²) in [5.74, 6) is -2.07. The van der Waals surface area contributed by atoms with Gasteiger partial charge in [-0.25, -0.2) is 0 Å². The van der Waals surface area contributed by atoms with Crippen molar-refractivity contribution in [2.45, 2.75) is 32.9 Å². The lowest BCUT2D eigenvalue weighted by Crippen LogP contribution is -2.30. The molecule has 1 atom stereocenters. The molecule has 0 spiro atoms. The van der Waals surface area contributed by atoms with Gasteiger partial charge >= 0.3 is 12.1 Å². The van der Waals surface area contributed by atoms with Gasteiger partial charge in [-0.05, 0) is 19.4 Å². The molecule has 0 saturated carbocycles. The number of methoxy groups -OCH3 is 1. The van der Waals surface area contributed by atoms with Crippen LogP contribution in [0, 0.1) is 5.41 Å². The van der Waals surface area contributed by atoms with Crippen LogP contribution in [-0.2, 0) is 11.0 Å². The molecule has 5 nitrogen and oxygen atoms in total. The molecule has 0 aliphatic carbocycles. The van der Waals surface area contributed by atoms with Crippen molar-refractivity contribution in [2.24, 2.45) is 5.41 Å². The van der Waals surface area contributed by atoms with Crippen LogP contribution in [0.15, 0.2) is 12.1 Å². The number of aliphatic carboxylic acids is 1. The number of hydrogen-bond acceptors (Lipinski definition) is 4. The lowest BCUT2D eigenvalue weighted by Gasteiger charge is -2.23. The van der Waals surface area contributed by atoms with E-state index >= 15 is 0 Å². The number of Topliss-reactive ketones (excluding diaryl/α,β-unsaturated/α-hetero) is 1. The second-order valence-electron chi connectivity index (χ2n) is 5.46. The number of alkyl halides is 3. The molecule has 1 rings (SSSR count). The number of carbonyl (C=O) groups excluding carboxylic acids is 1. The van der Waals surface area contributed by atoms with E-state index in [9.17, 15) is 27.9 Å². The number of halogens is 3. The number of carboxylic acids is 1. The summed E-state index contributed by atoms with van der Waals surface area (Å²) in [5, 5.41) is 9.20. The summed E-state index contributed by atoms with van der Waals surface area (Å²) >= 11 is 0. The molecule has 0 bridgehead atoms. The van der Waals surface area contributed by atoms with Gasteiger partial charge in [0, 0.05) is 18.2 Å². The molecule has 0 saturated heterocycles. The Morgan fingerprint density at radius 1 is 1.30 bits per heavy atom. The van der Waals surface area contributed by atoms with E-state index in [1.165, 1.54) is 14.0 Å². The fraction of sp³-hybridized carbons (Fsp3) is 0.467. The highest BCUT2D eigenvalue weighted by atomic mass is 19.4. The van der Waals surface area contributed by atoms with Crippen LogP contribution in [-0.4, -0.2) is 24.0 Å². The van der Waals surface area contributed by atoms with Crippen molar-refractivity contribution in [1.82, 2.24) is 0 Å². The van der Waals surface area contributed by atoms with Crippen molar-refractivity contribution in [3.63, 3.8) is 0 Å². The average molecular weight is 333 g/mol. The largest absolute Gasteiger partial charge is 0.496 e. The van der Waals surface area contributed by atoms with Crippen LogP contribution in [0.3, 0.4) is 0 Å².